The van der Waals surface area contributed by atoms with Crippen LogP contribution in [0, 0.1) is 0 Å². The lowest BCUT2D eigenvalue weighted by molar-refractivity contribution is -0.144. The number of ether oxygens (including phenoxy) is 4. The predicted octanol–water partition coefficient (Wildman–Crippen LogP) is -0.202. The average molecular weight is 617 g/mol. The largest absolute Gasteiger partial charge is 0.476 e. The second-order valence-electron chi connectivity index (χ2n) is 10.2. The Hall–Kier alpha value is -2.47. The molecule has 236 valence electrons. The van der Waals surface area contributed by atoms with Crippen LogP contribution in [0.5, 0.6) is 5.88 Å². The summed E-state index contributed by atoms with van der Waals surface area (Å²) < 4.78 is 48.8. The molecule has 2 aliphatic heterocycles. The van der Waals surface area contributed by atoms with Crippen molar-refractivity contribution in [2.24, 2.45) is 5.73 Å². The molecule has 4 heterocycles. The normalized spacial score (nSPS) is 27.1. The molecule has 2 aromatic rings. The fraction of sp³-hybridized carbons (Fsp3) is 0.750. The number of carbonyl (C=O) groups is 1. The first-order valence-corrected chi connectivity index (χ1v) is 15.4. The van der Waals surface area contributed by atoms with Gasteiger partial charge in [-0.1, -0.05) is 0 Å². The summed E-state index contributed by atoms with van der Waals surface area (Å²) in [7, 11) is -4.09. The first-order chi connectivity index (χ1) is 20.0. The minimum atomic E-state index is -4.09. The van der Waals surface area contributed by atoms with E-state index in [1.807, 2.05) is 0 Å². The van der Waals surface area contributed by atoms with Gasteiger partial charge in [0, 0.05) is 19.6 Å². The molecule has 6 N–H and O–H groups in total. The average Bonchev–Trinajstić information content (AvgIpc) is 3.46. The third kappa shape index (κ3) is 7.35. The van der Waals surface area contributed by atoms with Crippen molar-refractivity contribution in [3.05, 3.63) is 6.33 Å². The number of aromatic nitrogens is 4. The van der Waals surface area contributed by atoms with Crippen LogP contribution in [-0.2, 0) is 32.6 Å². The summed E-state index contributed by atoms with van der Waals surface area (Å²) in [6, 6.07) is -0.997. The first-order valence-electron chi connectivity index (χ1n) is 13.9. The summed E-state index contributed by atoms with van der Waals surface area (Å²) >= 11 is 0. The molecule has 17 nitrogen and oxygen atoms in total. The van der Waals surface area contributed by atoms with Crippen LogP contribution in [0.1, 0.15) is 33.9 Å². The van der Waals surface area contributed by atoms with Gasteiger partial charge in [0.15, 0.2) is 17.4 Å². The van der Waals surface area contributed by atoms with Crippen molar-refractivity contribution in [1.82, 2.24) is 29.5 Å². The van der Waals surface area contributed by atoms with Crippen molar-refractivity contribution in [1.29, 1.82) is 0 Å². The number of nitrogens with two attached hydrogens (primary N) is 2. The van der Waals surface area contributed by atoms with Crippen molar-refractivity contribution in [2.75, 3.05) is 65.0 Å². The van der Waals surface area contributed by atoms with Crippen LogP contribution in [-0.4, -0.2) is 119 Å². The van der Waals surface area contributed by atoms with E-state index in [0.717, 1.165) is 0 Å². The zero-order chi connectivity index (χ0) is 30.5. The van der Waals surface area contributed by atoms with Crippen molar-refractivity contribution in [3.63, 3.8) is 0 Å². The molecule has 0 spiro atoms. The maximum atomic E-state index is 13.8. The molecule has 2 saturated heterocycles. The smallest absolute Gasteiger partial charge is 0.406 e. The Morgan fingerprint density at radius 1 is 1.29 bits per heavy atom. The Morgan fingerprint density at radius 3 is 2.71 bits per heavy atom. The fourth-order valence-corrected chi connectivity index (χ4v) is 6.17. The Labute approximate surface area is 243 Å². The monoisotopic (exact) mass is 616 g/mol. The highest BCUT2D eigenvalue weighted by atomic mass is 31.2. The van der Waals surface area contributed by atoms with E-state index >= 15 is 0 Å². The zero-order valence-electron chi connectivity index (χ0n) is 24.3. The van der Waals surface area contributed by atoms with Gasteiger partial charge in [0.05, 0.1) is 51.5 Å². The number of carbonyl (C=O) groups excluding carboxylic acids is 1. The van der Waals surface area contributed by atoms with Crippen molar-refractivity contribution in [2.45, 2.75) is 57.7 Å². The molecule has 0 radical (unpaired) electrons. The quantitative estimate of drug-likeness (QED) is 0.159. The third-order valence-electron chi connectivity index (χ3n) is 6.94. The lowest BCUT2D eigenvalue weighted by Gasteiger charge is -2.29. The summed E-state index contributed by atoms with van der Waals surface area (Å²) in [6.07, 6.45) is -1.84. The number of rotatable bonds is 14. The number of esters is 1. The molecule has 1 unspecified atom stereocenters. The summed E-state index contributed by atoms with van der Waals surface area (Å²) in [5, 5.41) is 13.8. The predicted molar refractivity (Wildman–Crippen MR) is 149 cm³/mol. The Kier molecular flexibility index (Phi) is 10.7. The SMILES string of the molecule is CCOC(=O)[C@H](C)NP(=O)(OCCN1CCOCC1)OC[C@H]1O[C@@H](n2cnc3c(OCC)nc(N)nc32)[C@](C)(N)[C@@H]1O. The molecule has 0 aromatic carbocycles. The molecule has 2 aromatic heterocycles. The lowest BCUT2D eigenvalue weighted by Crippen LogP contribution is -2.52. The van der Waals surface area contributed by atoms with E-state index < -0.39 is 43.7 Å². The number of hydrogen-bond donors (Lipinski definition) is 4. The molecule has 2 fully saturated rings. The Bertz CT molecular complexity index is 1260. The summed E-state index contributed by atoms with van der Waals surface area (Å²) in [6.45, 7) is 9.80. The summed E-state index contributed by atoms with van der Waals surface area (Å²) in [5.41, 5.74) is 11.7. The van der Waals surface area contributed by atoms with Crippen LogP contribution in [0.3, 0.4) is 0 Å². The molecule has 4 rings (SSSR count). The van der Waals surface area contributed by atoms with Crippen LogP contribution >= 0.6 is 7.75 Å². The maximum absolute atomic E-state index is 13.8. The highest BCUT2D eigenvalue weighted by Gasteiger charge is 2.53. The maximum Gasteiger partial charge on any atom is 0.406 e. The number of nitrogen functional groups attached to an aromatic ring is 1. The van der Waals surface area contributed by atoms with Crippen molar-refractivity contribution in [3.8, 4) is 5.88 Å². The zero-order valence-corrected chi connectivity index (χ0v) is 25.2. The van der Waals surface area contributed by atoms with Crippen molar-refractivity contribution < 1.29 is 42.5 Å². The Balaban J connectivity index is 1.49. The number of fused-ring (bicyclic) bond motifs is 1. The number of aliphatic hydroxyl groups excluding tert-OH is 1. The van der Waals surface area contributed by atoms with Crippen LogP contribution < -0.4 is 21.3 Å². The second-order valence-corrected chi connectivity index (χ2v) is 11.9. The molecule has 0 saturated carbocycles. The minimum absolute atomic E-state index is 0.0400. The van der Waals surface area contributed by atoms with Crippen LogP contribution in [0.25, 0.3) is 11.2 Å². The van der Waals surface area contributed by atoms with E-state index in [4.69, 9.17) is 39.5 Å². The van der Waals surface area contributed by atoms with Gasteiger partial charge in [0.2, 0.25) is 11.8 Å². The molecule has 2 aliphatic rings. The van der Waals surface area contributed by atoms with Gasteiger partial charge in [-0.3, -0.25) is 23.3 Å². The molecule has 0 amide bonds. The van der Waals surface area contributed by atoms with E-state index in [1.165, 1.54) is 17.8 Å². The van der Waals surface area contributed by atoms with Gasteiger partial charge >= 0.3 is 13.7 Å². The van der Waals surface area contributed by atoms with E-state index in [2.05, 4.69) is 24.9 Å². The lowest BCUT2D eigenvalue weighted by atomic mass is 9.93. The fourth-order valence-electron chi connectivity index (χ4n) is 4.70. The molecular weight excluding hydrogens is 575 g/mol. The molecule has 0 aliphatic carbocycles. The number of nitrogens with one attached hydrogen (secondary N) is 1. The standard InChI is InChI=1S/C24H41N8O9P/c1-5-37-20-17-19(28-23(25)29-20)32(14-27-17)22-24(4,26)18(33)16(41-22)13-40-42(35,30-15(3)21(34)38-6-2)39-12-9-31-7-10-36-11-8-31/h14-16,18,22,33H,5-13,26H2,1-4H3,(H,30,35)(H2,25,28,29)/t15-,16+,18+,22+,24+,42?/m0/s1. The molecule has 0 bridgehead atoms. The van der Waals surface area contributed by atoms with Gasteiger partial charge in [-0.05, 0) is 27.7 Å². The van der Waals surface area contributed by atoms with Crippen LogP contribution in [0.15, 0.2) is 6.33 Å². The van der Waals surface area contributed by atoms with E-state index in [-0.39, 0.29) is 31.6 Å². The molecule has 42 heavy (non-hydrogen) atoms. The van der Waals surface area contributed by atoms with E-state index in [0.29, 0.717) is 50.6 Å². The molecule has 6 atom stereocenters. The van der Waals surface area contributed by atoms with Gasteiger partial charge in [0.25, 0.3) is 0 Å². The van der Waals surface area contributed by atoms with E-state index in [1.54, 1.807) is 20.8 Å². The second kappa shape index (κ2) is 13.9. The van der Waals surface area contributed by atoms with Crippen LogP contribution in [0.4, 0.5) is 5.95 Å². The van der Waals surface area contributed by atoms with Gasteiger partial charge in [-0.15, -0.1) is 0 Å². The summed E-state index contributed by atoms with van der Waals surface area (Å²) in [4.78, 5) is 27.0. The minimum Gasteiger partial charge on any atom is -0.476 e. The van der Waals surface area contributed by atoms with Gasteiger partial charge in [-0.25, -0.2) is 14.6 Å². The number of aliphatic hydroxyl groups is 1. The number of morpholine rings is 1. The van der Waals surface area contributed by atoms with Crippen LogP contribution in [0.2, 0.25) is 0 Å². The van der Waals surface area contributed by atoms with Gasteiger partial charge in [0.1, 0.15) is 18.2 Å². The first kappa shape index (κ1) is 32.4. The third-order valence-corrected chi connectivity index (χ3v) is 8.65. The van der Waals surface area contributed by atoms with Crippen molar-refractivity contribution >= 4 is 30.8 Å². The highest BCUT2D eigenvalue weighted by molar-refractivity contribution is 7.51. The number of imidazole rings is 1. The molecule has 18 heteroatoms. The van der Waals surface area contributed by atoms with E-state index in [9.17, 15) is 14.5 Å². The number of anilines is 1. The summed E-state index contributed by atoms with van der Waals surface area (Å²) in [5.74, 6) is -0.459. The van der Waals surface area contributed by atoms with Gasteiger partial charge < -0.3 is 35.5 Å². The topological polar surface area (TPSA) is 221 Å². The number of nitrogens with zero attached hydrogens (tertiary/aromatic N) is 5. The Morgan fingerprint density at radius 2 is 2.02 bits per heavy atom. The highest BCUT2D eigenvalue weighted by Crippen LogP contribution is 2.46. The number of hydrogen-bond acceptors (Lipinski definition) is 15. The molecular formula is C24H41N8O9P. The van der Waals surface area contributed by atoms with Gasteiger partial charge in [-0.2, -0.15) is 9.97 Å².